The number of nitrogens with zero attached hydrogens (tertiary/aromatic N) is 2. The van der Waals surface area contributed by atoms with Crippen LogP contribution >= 0.6 is 11.6 Å². The average Bonchev–Trinajstić information content (AvgIpc) is 3.59. The normalized spacial score (nSPS) is 23.0. The van der Waals surface area contributed by atoms with Gasteiger partial charge in [-0.25, -0.2) is 0 Å². The fourth-order valence-corrected chi connectivity index (χ4v) is 3.71. The smallest absolute Gasteiger partial charge is 0.234 e. The van der Waals surface area contributed by atoms with Crippen molar-refractivity contribution >= 4 is 11.6 Å². The number of aromatic nitrogens is 2. The lowest BCUT2D eigenvalue weighted by molar-refractivity contribution is 0.338. The predicted octanol–water partition coefficient (Wildman–Crippen LogP) is 4.57. The lowest BCUT2D eigenvalue weighted by Gasteiger charge is -2.11. The van der Waals surface area contributed by atoms with Gasteiger partial charge in [-0.05, 0) is 49.1 Å². The summed E-state index contributed by atoms with van der Waals surface area (Å²) < 4.78 is 5.61. The number of nitrogens with one attached hydrogen (secondary N) is 1. The monoisotopic (exact) mass is 365 g/mol. The molecule has 0 radical (unpaired) electrons. The quantitative estimate of drug-likeness (QED) is 0.695. The molecule has 1 aromatic heterocycles. The first-order valence-corrected chi connectivity index (χ1v) is 9.50. The molecule has 0 spiro atoms. The molecule has 2 aromatic carbocycles. The van der Waals surface area contributed by atoms with Gasteiger partial charge in [-0.1, -0.05) is 47.1 Å². The fourth-order valence-electron chi connectivity index (χ4n) is 3.59. The van der Waals surface area contributed by atoms with Gasteiger partial charge in [-0.15, -0.1) is 0 Å². The standard InChI is InChI=1S/C21H20ClN3O/c22-16-8-6-15(7-9-16)19-24-20(26-25-19)21(10-11-21)13-23-18-12-17(18)14-4-2-1-3-5-14/h1-9,17-18,23H,10-13H2. The maximum absolute atomic E-state index is 5.95. The number of rotatable bonds is 6. The van der Waals surface area contributed by atoms with Crippen LogP contribution in [0.3, 0.4) is 0 Å². The average molecular weight is 366 g/mol. The summed E-state index contributed by atoms with van der Waals surface area (Å²) in [5, 5.41) is 8.59. The van der Waals surface area contributed by atoms with Gasteiger partial charge >= 0.3 is 0 Å². The highest BCUT2D eigenvalue weighted by Crippen LogP contribution is 2.49. The molecule has 4 nitrogen and oxygen atoms in total. The topological polar surface area (TPSA) is 51.0 Å². The van der Waals surface area contributed by atoms with Crippen LogP contribution < -0.4 is 5.32 Å². The second kappa shape index (κ2) is 6.22. The van der Waals surface area contributed by atoms with E-state index < -0.39 is 0 Å². The number of hydrogen-bond acceptors (Lipinski definition) is 4. The zero-order valence-electron chi connectivity index (χ0n) is 14.4. The largest absolute Gasteiger partial charge is 0.338 e. The minimum Gasteiger partial charge on any atom is -0.338 e. The van der Waals surface area contributed by atoms with E-state index in [4.69, 9.17) is 16.1 Å². The van der Waals surface area contributed by atoms with Crippen molar-refractivity contribution in [3.8, 4) is 11.4 Å². The zero-order chi connectivity index (χ0) is 17.6. The van der Waals surface area contributed by atoms with Crippen molar-refractivity contribution in [1.82, 2.24) is 15.5 Å². The second-order valence-corrected chi connectivity index (χ2v) is 7.89. The summed E-state index contributed by atoms with van der Waals surface area (Å²) in [6.45, 7) is 0.906. The molecule has 5 rings (SSSR count). The maximum Gasteiger partial charge on any atom is 0.234 e. The molecule has 2 unspecified atom stereocenters. The van der Waals surface area contributed by atoms with Crippen LogP contribution in [0.1, 0.15) is 36.6 Å². The highest BCUT2D eigenvalue weighted by molar-refractivity contribution is 6.30. The van der Waals surface area contributed by atoms with Gasteiger partial charge in [-0.2, -0.15) is 4.98 Å². The van der Waals surface area contributed by atoms with E-state index in [0.29, 0.717) is 22.8 Å². The molecule has 0 bridgehead atoms. The Hall–Kier alpha value is -2.17. The Kier molecular flexibility index (Phi) is 3.84. The molecule has 3 aromatic rings. The Morgan fingerprint density at radius 3 is 2.58 bits per heavy atom. The minimum absolute atomic E-state index is 0.0154. The van der Waals surface area contributed by atoms with Crippen molar-refractivity contribution < 1.29 is 4.52 Å². The van der Waals surface area contributed by atoms with Crippen molar-refractivity contribution in [1.29, 1.82) is 0 Å². The van der Waals surface area contributed by atoms with Crippen molar-refractivity contribution in [3.05, 3.63) is 71.1 Å². The molecule has 2 fully saturated rings. The van der Waals surface area contributed by atoms with E-state index in [1.165, 1.54) is 12.0 Å². The van der Waals surface area contributed by atoms with E-state index >= 15 is 0 Å². The molecule has 2 atom stereocenters. The predicted molar refractivity (Wildman–Crippen MR) is 101 cm³/mol. The first-order chi connectivity index (χ1) is 12.7. The highest BCUT2D eigenvalue weighted by atomic mass is 35.5. The third-order valence-corrected chi connectivity index (χ3v) is 5.81. The van der Waals surface area contributed by atoms with Crippen LogP contribution in [0.25, 0.3) is 11.4 Å². The minimum atomic E-state index is 0.0154. The zero-order valence-corrected chi connectivity index (χ0v) is 15.1. The van der Waals surface area contributed by atoms with E-state index in [9.17, 15) is 0 Å². The van der Waals surface area contributed by atoms with Gasteiger partial charge in [0.05, 0.1) is 5.41 Å². The molecule has 5 heteroatoms. The molecule has 0 aliphatic heterocycles. The molecule has 2 aliphatic carbocycles. The van der Waals surface area contributed by atoms with Gasteiger partial charge < -0.3 is 9.84 Å². The van der Waals surface area contributed by atoms with Crippen LogP contribution in [0, 0.1) is 0 Å². The Morgan fingerprint density at radius 2 is 1.85 bits per heavy atom. The first-order valence-electron chi connectivity index (χ1n) is 9.12. The van der Waals surface area contributed by atoms with E-state index in [-0.39, 0.29) is 5.41 Å². The van der Waals surface area contributed by atoms with Crippen molar-refractivity contribution in [2.45, 2.75) is 36.6 Å². The van der Waals surface area contributed by atoms with Crippen molar-refractivity contribution in [3.63, 3.8) is 0 Å². The summed E-state index contributed by atoms with van der Waals surface area (Å²) in [6, 6.07) is 18.8. The first kappa shape index (κ1) is 16.0. The van der Waals surface area contributed by atoms with E-state index in [0.717, 1.165) is 30.8 Å². The van der Waals surface area contributed by atoms with Gasteiger partial charge in [0.15, 0.2) is 0 Å². The van der Waals surface area contributed by atoms with Crippen molar-refractivity contribution in [2.75, 3.05) is 6.54 Å². The Labute approximate surface area is 157 Å². The van der Waals surface area contributed by atoms with Gasteiger partial charge in [-0.3, -0.25) is 0 Å². The van der Waals surface area contributed by atoms with Crippen LogP contribution in [0.2, 0.25) is 5.02 Å². The van der Waals surface area contributed by atoms with Crippen LogP contribution in [-0.4, -0.2) is 22.7 Å². The molecule has 0 amide bonds. The summed E-state index contributed by atoms with van der Waals surface area (Å²) >= 11 is 5.95. The lowest BCUT2D eigenvalue weighted by Crippen LogP contribution is -2.29. The molecule has 2 aliphatic rings. The Bertz CT molecular complexity index is 903. The summed E-state index contributed by atoms with van der Waals surface area (Å²) in [5.41, 5.74) is 2.37. The van der Waals surface area contributed by atoms with Crippen LogP contribution in [0.5, 0.6) is 0 Å². The van der Waals surface area contributed by atoms with Crippen molar-refractivity contribution in [2.24, 2.45) is 0 Å². The molecule has 2 saturated carbocycles. The molecule has 132 valence electrons. The second-order valence-electron chi connectivity index (χ2n) is 7.45. The SMILES string of the molecule is Clc1ccc(-c2noc(C3(CNC4CC4c4ccccc4)CC3)n2)cc1. The fraction of sp³-hybridized carbons (Fsp3) is 0.333. The van der Waals surface area contributed by atoms with E-state index in [1.807, 2.05) is 24.3 Å². The third kappa shape index (κ3) is 3.04. The highest BCUT2D eigenvalue weighted by Gasteiger charge is 2.51. The maximum atomic E-state index is 5.95. The molecule has 1 heterocycles. The van der Waals surface area contributed by atoms with Gasteiger partial charge in [0.25, 0.3) is 0 Å². The van der Waals surface area contributed by atoms with E-state index in [1.54, 1.807) is 0 Å². The van der Waals surface area contributed by atoms with Crippen LogP contribution in [0.4, 0.5) is 0 Å². The Morgan fingerprint density at radius 1 is 1.08 bits per heavy atom. The van der Waals surface area contributed by atoms with E-state index in [2.05, 4.69) is 45.8 Å². The number of halogens is 1. The van der Waals surface area contributed by atoms with Crippen LogP contribution in [-0.2, 0) is 5.41 Å². The summed E-state index contributed by atoms with van der Waals surface area (Å²) in [7, 11) is 0. The van der Waals surface area contributed by atoms with Gasteiger partial charge in [0, 0.05) is 29.1 Å². The van der Waals surface area contributed by atoms with Gasteiger partial charge in [0.1, 0.15) is 0 Å². The summed E-state index contributed by atoms with van der Waals surface area (Å²) in [6.07, 6.45) is 3.41. The molecular formula is C21H20ClN3O. The molecular weight excluding hydrogens is 346 g/mol. The lowest BCUT2D eigenvalue weighted by atomic mass is 10.1. The summed E-state index contributed by atoms with van der Waals surface area (Å²) in [4.78, 5) is 4.66. The molecule has 26 heavy (non-hydrogen) atoms. The molecule has 1 N–H and O–H groups in total. The number of hydrogen-bond donors (Lipinski definition) is 1. The van der Waals surface area contributed by atoms with Gasteiger partial charge in [0.2, 0.25) is 11.7 Å². The summed E-state index contributed by atoms with van der Waals surface area (Å²) in [5.74, 6) is 2.03. The molecule has 0 saturated heterocycles. The Balaban J connectivity index is 1.24. The number of benzene rings is 2. The third-order valence-electron chi connectivity index (χ3n) is 5.56. The van der Waals surface area contributed by atoms with Crippen LogP contribution in [0.15, 0.2) is 59.1 Å².